The molecule has 2 N–H and O–H groups in total. The Bertz CT molecular complexity index is 120. The summed E-state index contributed by atoms with van der Waals surface area (Å²) in [6.45, 7) is 14.5. The van der Waals surface area contributed by atoms with Crippen LogP contribution in [0.2, 0.25) is 0 Å². The largest absolute Gasteiger partial charge is 0.330 e. The quantitative estimate of drug-likeness (QED) is 0.752. The fourth-order valence-electron chi connectivity index (χ4n) is 1.87. The normalized spacial score (nSPS) is 18.4. The van der Waals surface area contributed by atoms with Gasteiger partial charge in [-0.3, -0.25) is 0 Å². The van der Waals surface area contributed by atoms with Gasteiger partial charge in [0.05, 0.1) is 0 Å². The zero-order chi connectivity index (χ0) is 11.5. The molecule has 0 aromatic carbocycles. The van der Waals surface area contributed by atoms with Gasteiger partial charge in [0.1, 0.15) is 0 Å². The highest BCUT2D eigenvalue weighted by atomic mass is 15.3. The Kier molecular flexibility index (Phi) is 10.3. The molecular formula is C12H29N3. The molecular weight excluding hydrogens is 186 g/mol. The maximum atomic E-state index is 5.48. The van der Waals surface area contributed by atoms with Crippen molar-refractivity contribution in [3.8, 4) is 0 Å². The summed E-state index contributed by atoms with van der Waals surface area (Å²) >= 11 is 0. The number of rotatable bonds is 5. The molecule has 1 heterocycles. The van der Waals surface area contributed by atoms with Gasteiger partial charge in [-0.15, -0.1) is 0 Å². The molecule has 0 atom stereocenters. The van der Waals surface area contributed by atoms with Gasteiger partial charge < -0.3 is 15.5 Å². The molecule has 0 saturated carbocycles. The number of piperazine rings is 1. The number of nitrogens with zero attached hydrogens (tertiary/aromatic N) is 2. The van der Waals surface area contributed by atoms with Crippen molar-refractivity contribution in [2.24, 2.45) is 5.73 Å². The molecule has 3 heteroatoms. The number of nitrogens with two attached hydrogens (primary N) is 1. The summed E-state index contributed by atoms with van der Waals surface area (Å²) < 4.78 is 0. The highest BCUT2D eigenvalue weighted by Gasteiger charge is 2.14. The van der Waals surface area contributed by atoms with Crippen LogP contribution in [0.5, 0.6) is 0 Å². The van der Waals surface area contributed by atoms with Gasteiger partial charge >= 0.3 is 0 Å². The molecule has 0 bridgehead atoms. The maximum absolute atomic E-state index is 5.48. The fourth-order valence-corrected chi connectivity index (χ4v) is 1.87. The van der Waals surface area contributed by atoms with Crippen molar-refractivity contribution in [1.29, 1.82) is 0 Å². The van der Waals surface area contributed by atoms with E-state index in [1.807, 2.05) is 13.8 Å². The van der Waals surface area contributed by atoms with E-state index in [2.05, 4.69) is 16.7 Å². The van der Waals surface area contributed by atoms with Gasteiger partial charge in [0.25, 0.3) is 0 Å². The predicted octanol–water partition coefficient (Wildman–Crippen LogP) is 1.39. The smallest absolute Gasteiger partial charge is 0.0110 e. The lowest BCUT2D eigenvalue weighted by atomic mass is 10.3. The van der Waals surface area contributed by atoms with Crippen LogP contribution < -0.4 is 5.73 Å². The minimum Gasteiger partial charge on any atom is -0.330 e. The van der Waals surface area contributed by atoms with Crippen molar-refractivity contribution in [2.45, 2.75) is 33.6 Å². The molecule has 1 fully saturated rings. The third-order valence-corrected chi connectivity index (χ3v) is 2.68. The Labute approximate surface area is 95.6 Å². The van der Waals surface area contributed by atoms with Crippen molar-refractivity contribution >= 4 is 0 Å². The summed E-state index contributed by atoms with van der Waals surface area (Å²) in [4.78, 5) is 5.08. The summed E-state index contributed by atoms with van der Waals surface area (Å²) in [6, 6.07) is 0. The van der Waals surface area contributed by atoms with Crippen molar-refractivity contribution in [1.82, 2.24) is 9.80 Å². The van der Waals surface area contributed by atoms with Crippen LogP contribution in [0.1, 0.15) is 33.6 Å². The highest BCUT2D eigenvalue weighted by Crippen LogP contribution is 2.02. The molecule has 0 aromatic rings. The maximum Gasteiger partial charge on any atom is 0.0110 e. The fraction of sp³-hybridized carbons (Fsp3) is 1.00. The zero-order valence-corrected chi connectivity index (χ0v) is 10.8. The van der Waals surface area contributed by atoms with E-state index in [9.17, 15) is 0 Å². The van der Waals surface area contributed by atoms with Crippen LogP contribution in [-0.2, 0) is 0 Å². The van der Waals surface area contributed by atoms with E-state index in [0.29, 0.717) is 0 Å². The second kappa shape index (κ2) is 10.4. The van der Waals surface area contributed by atoms with Gasteiger partial charge in [-0.05, 0) is 32.5 Å². The van der Waals surface area contributed by atoms with Gasteiger partial charge in [-0.1, -0.05) is 20.8 Å². The predicted molar refractivity (Wildman–Crippen MR) is 68.2 cm³/mol. The third-order valence-electron chi connectivity index (χ3n) is 2.68. The van der Waals surface area contributed by atoms with Gasteiger partial charge in [0, 0.05) is 26.2 Å². The first-order valence-electron chi connectivity index (χ1n) is 6.51. The molecule has 15 heavy (non-hydrogen) atoms. The van der Waals surface area contributed by atoms with Crippen molar-refractivity contribution in [2.75, 3.05) is 45.8 Å². The second-order valence-corrected chi connectivity index (χ2v) is 3.83. The highest BCUT2D eigenvalue weighted by molar-refractivity contribution is 4.71. The molecule has 0 unspecified atom stereocenters. The first-order valence-corrected chi connectivity index (χ1v) is 6.51. The van der Waals surface area contributed by atoms with Crippen molar-refractivity contribution in [3.05, 3.63) is 0 Å². The Balaban J connectivity index is 0.000000921. The molecule has 3 nitrogen and oxygen atoms in total. The summed E-state index contributed by atoms with van der Waals surface area (Å²) in [5.74, 6) is 0. The van der Waals surface area contributed by atoms with Crippen LogP contribution in [0.3, 0.4) is 0 Å². The molecule has 0 aromatic heterocycles. The molecule has 0 radical (unpaired) electrons. The van der Waals surface area contributed by atoms with E-state index in [0.717, 1.165) is 13.0 Å². The van der Waals surface area contributed by atoms with Gasteiger partial charge in [0.15, 0.2) is 0 Å². The Morgan fingerprint density at radius 2 is 1.40 bits per heavy atom. The van der Waals surface area contributed by atoms with E-state index >= 15 is 0 Å². The summed E-state index contributed by atoms with van der Waals surface area (Å²) in [5.41, 5.74) is 5.48. The first-order chi connectivity index (χ1) is 7.36. The summed E-state index contributed by atoms with van der Waals surface area (Å²) in [5, 5.41) is 0. The van der Waals surface area contributed by atoms with Crippen LogP contribution >= 0.6 is 0 Å². The molecule has 0 spiro atoms. The first kappa shape index (κ1) is 14.9. The molecule has 1 aliphatic rings. The average Bonchev–Trinajstić information content (AvgIpc) is 2.31. The lowest BCUT2D eigenvalue weighted by Gasteiger charge is -2.34. The van der Waals surface area contributed by atoms with Crippen LogP contribution in [-0.4, -0.2) is 55.6 Å². The minimum absolute atomic E-state index is 0.829. The standard InChI is InChI=1S/C10H23N3.C2H6/c1-2-5-12-7-9-13(10-8-12)6-3-4-11;1-2/h2-11H2,1H3;1-2H3. The minimum atomic E-state index is 0.829. The van der Waals surface area contributed by atoms with E-state index in [1.165, 1.54) is 45.7 Å². The topological polar surface area (TPSA) is 32.5 Å². The second-order valence-electron chi connectivity index (χ2n) is 3.83. The van der Waals surface area contributed by atoms with Crippen LogP contribution in [0.4, 0.5) is 0 Å². The molecule has 1 saturated heterocycles. The lowest BCUT2D eigenvalue weighted by Crippen LogP contribution is -2.46. The number of hydrogen-bond donors (Lipinski definition) is 1. The van der Waals surface area contributed by atoms with Crippen molar-refractivity contribution in [3.63, 3.8) is 0 Å². The molecule has 0 aliphatic carbocycles. The van der Waals surface area contributed by atoms with Crippen molar-refractivity contribution < 1.29 is 0 Å². The Morgan fingerprint density at radius 1 is 0.933 bits per heavy atom. The number of hydrogen-bond acceptors (Lipinski definition) is 3. The van der Waals surface area contributed by atoms with E-state index in [4.69, 9.17) is 5.73 Å². The van der Waals surface area contributed by atoms with Crippen LogP contribution in [0, 0.1) is 0 Å². The average molecular weight is 215 g/mol. The Hall–Kier alpha value is -0.120. The summed E-state index contributed by atoms with van der Waals surface area (Å²) in [6.07, 6.45) is 2.43. The molecule has 0 amide bonds. The van der Waals surface area contributed by atoms with Crippen LogP contribution in [0.15, 0.2) is 0 Å². The molecule has 92 valence electrons. The van der Waals surface area contributed by atoms with Gasteiger partial charge in [0.2, 0.25) is 0 Å². The van der Waals surface area contributed by atoms with Crippen LogP contribution in [0.25, 0.3) is 0 Å². The van der Waals surface area contributed by atoms with E-state index in [1.54, 1.807) is 0 Å². The Morgan fingerprint density at radius 3 is 1.80 bits per heavy atom. The molecule has 1 rings (SSSR count). The zero-order valence-electron chi connectivity index (χ0n) is 10.8. The lowest BCUT2D eigenvalue weighted by molar-refractivity contribution is 0.132. The van der Waals surface area contributed by atoms with Gasteiger partial charge in [-0.25, -0.2) is 0 Å². The van der Waals surface area contributed by atoms with E-state index < -0.39 is 0 Å². The third kappa shape index (κ3) is 6.88. The monoisotopic (exact) mass is 215 g/mol. The SMILES string of the molecule is CC.CCCN1CCN(CCCN)CC1. The van der Waals surface area contributed by atoms with Gasteiger partial charge in [-0.2, -0.15) is 0 Å². The molecule has 1 aliphatic heterocycles. The van der Waals surface area contributed by atoms with E-state index in [-0.39, 0.29) is 0 Å². The summed E-state index contributed by atoms with van der Waals surface area (Å²) in [7, 11) is 0.